The van der Waals surface area contributed by atoms with E-state index in [0.29, 0.717) is 11.6 Å². The number of allylic oxidation sites excluding steroid dienone is 3. The summed E-state index contributed by atoms with van der Waals surface area (Å²) in [5.41, 5.74) is 0.868. The van der Waals surface area contributed by atoms with Crippen molar-refractivity contribution in [1.29, 1.82) is 5.26 Å². The monoisotopic (exact) mass is 223 g/mol. The molecule has 1 aliphatic rings. The van der Waals surface area contributed by atoms with Crippen LogP contribution in [0, 0.1) is 17.2 Å². The quantitative estimate of drug-likeness (QED) is 0.689. The fourth-order valence-electron chi connectivity index (χ4n) is 1.37. The van der Waals surface area contributed by atoms with E-state index in [1.165, 1.54) is 0 Å². The van der Waals surface area contributed by atoms with E-state index >= 15 is 0 Å². The molecule has 1 rings (SSSR count). The highest BCUT2D eigenvalue weighted by molar-refractivity contribution is 6.31. The van der Waals surface area contributed by atoms with E-state index < -0.39 is 0 Å². The van der Waals surface area contributed by atoms with Crippen molar-refractivity contribution in [2.75, 3.05) is 6.61 Å². The number of nitrogens with zero attached hydrogens (tertiary/aromatic N) is 1. The highest BCUT2D eigenvalue weighted by atomic mass is 35.5. The number of hydrogen-bond acceptors (Lipinski definition) is 2. The van der Waals surface area contributed by atoms with E-state index in [9.17, 15) is 0 Å². The molecule has 2 nitrogen and oxygen atoms in total. The summed E-state index contributed by atoms with van der Waals surface area (Å²) in [6.45, 7) is 6.28. The maximum atomic E-state index is 8.71. The topological polar surface area (TPSA) is 33.0 Å². The lowest BCUT2D eigenvalue weighted by Gasteiger charge is -2.08. The molecule has 1 heterocycles. The molecule has 0 aromatic heterocycles. The third kappa shape index (κ3) is 3.54. The number of hydrogen-bond donors (Lipinski definition) is 0. The Morgan fingerprint density at radius 1 is 1.60 bits per heavy atom. The van der Waals surface area contributed by atoms with Gasteiger partial charge >= 0.3 is 0 Å². The van der Waals surface area contributed by atoms with Crippen LogP contribution in [0.3, 0.4) is 0 Å². The van der Waals surface area contributed by atoms with E-state index in [4.69, 9.17) is 21.6 Å². The molecule has 0 aliphatic carbocycles. The SMILES string of the molecule is C=C(/C=C\C(Cl)=C/C)[C@H]1C[C@@H](C#N)CO1. The van der Waals surface area contributed by atoms with Crippen LogP contribution in [0.2, 0.25) is 0 Å². The lowest BCUT2D eigenvalue weighted by Crippen LogP contribution is -2.06. The molecule has 0 aromatic carbocycles. The molecular formula is C12H14ClNO. The lowest BCUT2D eigenvalue weighted by atomic mass is 10.0. The van der Waals surface area contributed by atoms with E-state index in [-0.39, 0.29) is 12.0 Å². The number of ether oxygens (including phenoxy) is 1. The van der Waals surface area contributed by atoms with Gasteiger partial charge < -0.3 is 4.74 Å². The average molecular weight is 224 g/mol. The molecule has 1 fully saturated rings. The second-order valence-corrected chi connectivity index (χ2v) is 3.90. The van der Waals surface area contributed by atoms with E-state index in [1.807, 2.05) is 13.0 Å². The standard InChI is InChI=1S/C12H14ClNO/c1-3-11(13)5-4-9(2)12-6-10(7-14)8-15-12/h3-5,10,12H,2,6,8H2,1H3/b5-4-,11-3+/t10-,12+/m0/s1. The minimum absolute atomic E-state index is 0.00246. The molecule has 0 aromatic rings. The molecule has 2 atom stereocenters. The smallest absolute Gasteiger partial charge is 0.0833 e. The average Bonchev–Trinajstić information content (AvgIpc) is 2.73. The molecule has 0 saturated carbocycles. The summed E-state index contributed by atoms with van der Waals surface area (Å²) in [5, 5.41) is 9.39. The molecular weight excluding hydrogens is 210 g/mol. The van der Waals surface area contributed by atoms with E-state index in [0.717, 1.165) is 12.0 Å². The van der Waals surface area contributed by atoms with Gasteiger partial charge in [-0.1, -0.05) is 30.3 Å². The Morgan fingerprint density at radius 2 is 2.33 bits per heavy atom. The van der Waals surface area contributed by atoms with Gasteiger partial charge in [-0.05, 0) is 25.0 Å². The highest BCUT2D eigenvalue weighted by Gasteiger charge is 2.26. The normalized spacial score (nSPS) is 26.9. The molecule has 0 unspecified atom stereocenters. The molecule has 0 bridgehead atoms. The van der Waals surface area contributed by atoms with E-state index in [1.54, 1.807) is 12.2 Å². The van der Waals surface area contributed by atoms with Gasteiger partial charge in [0.05, 0.1) is 24.7 Å². The summed E-state index contributed by atoms with van der Waals surface area (Å²) in [7, 11) is 0. The summed E-state index contributed by atoms with van der Waals surface area (Å²) in [4.78, 5) is 0. The molecule has 0 spiro atoms. The zero-order valence-corrected chi connectivity index (χ0v) is 9.50. The maximum Gasteiger partial charge on any atom is 0.0833 e. The summed E-state index contributed by atoms with van der Waals surface area (Å²) in [5.74, 6) is -0.00246. The molecule has 1 saturated heterocycles. The summed E-state index contributed by atoms with van der Waals surface area (Å²) in [6.07, 6.45) is 6.12. The van der Waals surface area contributed by atoms with Crippen LogP contribution in [0.15, 0.2) is 35.4 Å². The Morgan fingerprint density at radius 3 is 2.87 bits per heavy atom. The third-order valence-corrected chi connectivity index (χ3v) is 2.67. The minimum Gasteiger partial charge on any atom is -0.372 e. The molecule has 1 aliphatic heterocycles. The lowest BCUT2D eigenvalue weighted by molar-refractivity contribution is 0.137. The van der Waals surface area contributed by atoms with Crippen molar-refractivity contribution < 1.29 is 4.74 Å². The van der Waals surface area contributed by atoms with Gasteiger partial charge in [-0.2, -0.15) is 5.26 Å². The Kier molecular flexibility index (Phi) is 4.61. The van der Waals surface area contributed by atoms with Crippen molar-refractivity contribution in [2.45, 2.75) is 19.4 Å². The van der Waals surface area contributed by atoms with Crippen molar-refractivity contribution >= 4 is 11.6 Å². The van der Waals surface area contributed by atoms with Gasteiger partial charge in [0.15, 0.2) is 0 Å². The van der Waals surface area contributed by atoms with Crippen LogP contribution in [0.1, 0.15) is 13.3 Å². The molecule has 3 heteroatoms. The van der Waals surface area contributed by atoms with Crippen LogP contribution in [-0.4, -0.2) is 12.7 Å². The van der Waals surface area contributed by atoms with Crippen molar-refractivity contribution in [2.24, 2.45) is 5.92 Å². The fourth-order valence-corrected chi connectivity index (χ4v) is 1.43. The zero-order valence-electron chi connectivity index (χ0n) is 8.74. The molecule has 15 heavy (non-hydrogen) atoms. The second kappa shape index (κ2) is 5.75. The van der Waals surface area contributed by atoms with E-state index in [2.05, 4.69) is 12.6 Å². The van der Waals surface area contributed by atoms with Gasteiger partial charge in [-0.15, -0.1) is 0 Å². The molecule has 0 amide bonds. The predicted octanol–water partition coefficient (Wildman–Crippen LogP) is 3.17. The minimum atomic E-state index is -0.0350. The molecule has 0 radical (unpaired) electrons. The number of rotatable bonds is 3. The second-order valence-electron chi connectivity index (χ2n) is 3.47. The van der Waals surface area contributed by atoms with Crippen molar-refractivity contribution in [3.8, 4) is 6.07 Å². The Bertz CT molecular complexity index is 338. The fraction of sp³-hybridized carbons (Fsp3) is 0.417. The Labute approximate surface area is 95.5 Å². The summed E-state index contributed by atoms with van der Waals surface area (Å²) >= 11 is 5.81. The number of halogens is 1. The van der Waals surface area contributed by atoms with Crippen LogP contribution < -0.4 is 0 Å². The first-order valence-electron chi connectivity index (χ1n) is 4.87. The van der Waals surface area contributed by atoms with Crippen molar-refractivity contribution in [3.63, 3.8) is 0 Å². The zero-order chi connectivity index (χ0) is 11.3. The summed E-state index contributed by atoms with van der Waals surface area (Å²) in [6, 6.07) is 2.20. The van der Waals surface area contributed by atoms with Crippen molar-refractivity contribution in [3.05, 3.63) is 35.4 Å². The van der Waals surface area contributed by atoms with Crippen LogP contribution in [0.25, 0.3) is 0 Å². The van der Waals surface area contributed by atoms with Crippen LogP contribution in [0.5, 0.6) is 0 Å². The largest absolute Gasteiger partial charge is 0.372 e. The van der Waals surface area contributed by atoms with Crippen LogP contribution in [-0.2, 0) is 4.74 Å². The maximum absolute atomic E-state index is 8.71. The van der Waals surface area contributed by atoms with Crippen LogP contribution in [0.4, 0.5) is 0 Å². The summed E-state index contributed by atoms with van der Waals surface area (Å²) < 4.78 is 5.45. The first kappa shape index (κ1) is 12.0. The van der Waals surface area contributed by atoms with Gasteiger partial charge in [0.2, 0.25) is 0 Å². The number of nitriles is 1. The molecule has 80 valence electrons. The Hall–Kier alpha value is -1.04. The van der Waals surface area contributed by atoms with Crippen LogP contribution >= 0.6 is 11.6 Å². The predicted molar refractivity (Wildman–Crippen MR) is 61.4 cm³/mol. The first-order valence-corrected chi connectivity index (χ1v) is 5.25. The van der Waals surface area contributed by atoms with Gasteiger partial charge in [0.25, 0.3) is 0 Å². The molecule has 0 N–H and O–H groups in total. The van der Waals surface area contributed by atoms with Gasteiger partial charge in [0.1, 0.15) is 0 Å². The third-order valence-electron chi connectivity index (χ3n) is 2.33. The first-order chi connectivity index (χ1) is 7.17. The van der Waals surface area contributed by atoms with Gasteiger partial charge in [-0.25, -0.2) is 0 Å². The Balaban J connectivity index is 2.50. The van der Waals surface area contributed by atoms with Gasteiger partial charge in [-0.3, -0.25) is 0 Å². The van der Waals surface area contributed by atoms with Gasteiger partial charge in [0, 0.05) is 5.03 Å². The highest BCUT2D eigenvalue weighted by Crippen LogP contribution is 2.24. The van der Waals surface area contributed by atoms with Crippen molar-refractivity contribution in [1.82, 2.24) is 0 Å².